The van der Waals surface area contributed by atoms with Crippen LogP contribution in [0, 0.1) is 19.8 Å². The molecule has 0 radical (unpaired) electrons. The fourth-order valence-electron chi connectivity index (χ4n) is 2.97. The summed E-state index contributed by atoms with van der Waals surface area (Å²) in [6.45, 7) is 4.78. The lowest BCUT2D eigenvalue weighted by Crippen LogP contribution is -2.32. The highest BCUT2D eigenvalue weighted by atomic mass is 16.3. The zero-order valence-electron chi connectivity index (χ0n) is 13.3. The third-order valence-corrected chi connectivity index (χ3v) is 4.03. The van der Waals surface area contributed by atoms with Crippen LogP contribution >= 0.6 is 0 Å². The van der Waals surface area contributed by atoms with Crippen LogP contribution in [0.3, 0.4) is 0 Å². The molecule has 3 rings (SSSR count). The maximum atomic E-state index is 12.3. The minimum atomic E-state index is -0.321. The van der Waals surface area contributed by atoms with Gasteiger partial charge in [0.1, 0.15) is 5.76 Å². The first kappa shape index (κ1) is 15.3. The van der Waals surface area contributed by atoms with Crippen LogP contribution in [0.2, 0.25) is 0 Å². The molecule has 0 spiro atoms. The van der Waals surface area contributed by atoms with Crippen molar-refractivity contribution in [3.05, 3.63) is 53.5 Å². The highest BCUT2D eigenvalue weighted by Crippen LogP contribution is 2.27. The van der Waals surface area contributed by atoms with Gasteiger partial charge in [-0.2, -0.15) is 0 Å². The molecule has 1 atom stereocenters. The van der Waals surface area contributed by atoms with E-state index in [0.29, 0.717) is 18.8 Å². The number of rotatable bonds is 4. The monoisotopic (exact) mass is 312 g/mol. The number of carbonyl (C=O) groups is 2. The Kier molecular flexibility index (Phi) is 4.19. The molecule has 1 aromatic carbocycles. The maximum absolute atomic E-state index is 12.3. The number of amides is 2. The molecule has 23 heavy (non-hydrogen) atoms. The molecule has 0 saturated carbocycles. The lowest BCUT2D eigenvalue weighted by Gasteiger charge is -2.18. The van der Waals surface area contributed by atoms with Crippen LogP contribution in [0.15, 0.2) is 41.0 Å². The molecule has 5 nitrogen and oxygen atoms in total. The molecular weight excluding hydrogens is 292 g/mol. The number of hydrogen-bond acceptors (Lipinski definition) is 3. The van der Waals surface area contributed by atoms with Crippen LogP contribution in [0.4, 0.5) is 5.69 Å². The van der Waals surface area contributed by atoms with Gasteiger partial charge in [-0.25, -0.2) is 0 Å². The summed E-state index contributed by atoms with van der Waals surface area (Å²) >= 11 is 0. The molecule has 2 aromatic rings. The van der Waals surface area contributed by atoms with E-state index in [4.69, 9.17) is 4.42 Å². The second kappa shape index (κ2) is 6.28. The van der Waals surface area contributed by atoms with Crippen LogP contribution in [0.25, 0.3) is 0 Å². The predicted molar refractivity (Wildman–Crippen MR) is 86.9 cm³/mol. The zero-order chi connectivity index (χ0) is 16.4. The molecule has 2 amide bonds. The summed E-state index contributed by atoms with van der Waals surface area (Å²) < 4.78 is 5.19. The van der Waals surface area contributed by atoms with Gasteiger partial charge in [0.15, 0.2) is 0 Å². The maximum Gasteiger partial charge on any atom is 0.227 e. The second-order valence-electron chi connectivity index (χ2n) is 6.05. The summed E-state index contributed by atoms with van der Waals surface area (Å²) in [5.41, 5.74) is 3.09. The van der Waals surface area contributed by atoms with Crippen molar-refractivity contribution in [3.63, 3.8) is 0 Å². The van der Waals surface area contributed by atoms with Gasteiger partial charge in [-0.15, -0.1) is 0 Å². The average Bonchev–Trinajstić information content (AvgIpc) is 3.13. The van der Waals surface area contributed by atoms with Crippen LogP contribution in [0.1, 0.15) is 23.3 Å². The Bertz CT molecular complexity index is 702. The third-order valence-electron chi connectivity index (χ3n) is 4.03. The van der Waals surface area contributed by atoms with E-state index in [1.165, 1.54) is 0 Å². The summed E-state index contributed by atoms with van der Waals surface area (Å²) in [5, 5.41) is 2.83. The first-order valence-electron chi connectivity index (χ1n) is 7.71. The number of carbonyl (C=O) groups excluding carboxylic acids is 2. The molecular formula is C18H20N2O3. The van der Waals surface area contributed by atoms with Crippen LogP contribution < -0.4 is 10.2 Å². The topological polar surface area (TPSA) is 62.6 Å². The van der Waals surface area contributed by atoms with Crippen molar-refractivity contribution in [3.8, 4) is 0 Å². The lowest BCUT2D eigenvalue weighted by atomic mass is 10.1. The van der Waals surface area contributed by atoms with Gasteiger partial charge < -0.3 is 14.6 Å². The number of anilines is 1. The minimum absolute atomic E-state index is 0.00634. The Morgan fingerprint density at radius 2 is 2.04 bits per heavy atom. The fourth-order valence-corrected chi connectivity index (χ4v) is 2.97. The number of nitrogens with zero attached hydrogens (tertiary/aromatic N) is 1. The average molecular weight is 312 g/mol. The Hall–Kier alpha value is -2.56. The highest BCUT2D eigenvalue weighted by molar-refractivity contribution is 6.00. The number of furan rings is 1. The Balaban J connectivity index is 1.65. The van der Waals surface area contributed by atoms with Crippen LogP contribution in [0.5, 0.6) is 0 Å². The van der Waals surface area contributed by atoms with E-state index in [1.54, 1.807) is 17.2 Å². The molecule has 1 aliphatic heterocycles. The van der Waals surface area contributed by atoms with E-state index in [9.17, 15) is 9.59 Å². The molecule has 0 aliphatic carbocycles. The van der Waals surface area contributed by atoms with Gasteiger partial charge in [0.05, 0.1) is 18.7 Å². The quantitative estimate of drug-likeness (QED) is 0.944. The number of hydrogen-bond donors (Lipinski definition) is 1. The molecule has 2 heterocycles. The second-order valence-corrected chi connectivity index (χ2v) is 6.05. The molecule has 1 fully saturated rings. The molecule has 0 bridgehead atoms. The SMILES string of the molecule is Cc1cc(C)cc(N2CC(C(=O)NCc3ccco3)CC2=O)c1. The van der Waals surface area contributed by atoms with Gasteiger partial charge in [0, 0.05) is 18.7 Å². The van der Waals surface area contributed by atoms with E-state index >= 15 is 0 Å². The van der Waals surface area contributed by atoms with E-state index in [2.05, 4.69) is 11.4 Å². The Morgan fingerprint density at radius 3 is 2.70 bits per heavy atom. The number of aryl methyl sites for hydroxylation is 2. The molecule has 5 heteroatoms. The lowest BCUT2D eigenvalue weighted by molar-refractivity contribution is -0.126. The highest BCUT2D eigenvalue weighted by Gasteiger charge is 2.35. The Labute approximate surface area is 135 Å². The van der Waals surface area contributed by atoms with Crippen molar-refractivity contribution in [2.24, 2.45) is 5.92 Å². The van der Waals surface area contributed by atoms with Crippen molar-refractivity contribution in [1.82, 2.24) is 5.32 Å². The smallest absolute Gasteiger partial charge is 0.227 e. The van der Waals surface area contributed by atoms with Gasteiger partial charge in [0.2, 0.25) is 11.8 Å². The van der Waals surface area contributed by atoms with Crippen LogP contribution in [-0.2, 0) is 16.1 Å². The van der Waals surface area contributed by atoms with Crippen molar-refractivity contribution >= 4 is 17.5 Å². The van der Waals surface area contributed by atoms with Crippen molar-refractivity contribution in [1.29, 1.82) is 0 Å². The van der Waals surface area contributed by atoms with Crippen LogP contribution in [-0.4, -0.2) is 18.4 Å². The van der Waals surface area contributed by atoms with E-state index < -0.39 is 0 Å². The van der Waals surface area contributed by atoms with Gasteiger partial charge in [0.25, 0.3) is 0 Å². The van der Waals surface area contributed by atoms with Gasteiger partial charge >= 0.3 is 0 Å². The van der Waals surface area contributed by atoms with E-state index in [0.717, 1.165) is 16.8 Å². The molecule has 1 saturated heterocycles. The Morgan fingerprint density at radius 1 is 1.30 bits per heavy atom. The normalized spacial score (nSPS) is 17.6. The summed E-state index contributed by atoms with van der Waals surface area (Å²) in [7, 11) is 0. The molecule has 120 valence electrons. The van der Waals surface area contributed by atoms with E-state index in [-0.39, 0.29) is 24.2 Å². The summed E-state index contributed by atoms with van der Waals surface area (Å²) in [6, 6.07) is 9.62. The van der Waals surface area contributed by atoms with E-state index in [1.807, 2.05) is 32.0 Å². The fraction of sp³-hybridized carbons (Fsp3) is 0.333. The number of benzene rings is 1. The summed E-state index contributed by atoms with van der Waals surface area (Å²) in [5.74, 6) is 0.266. The first-order chi connectivity index (χ1) is 11.0. The summed E-state index contributed by atoms with van der Waals surface area (Å²) in [4.78, 5) is 26.2. The standard InChI is InChI=1S/C18H20N2O3/c1-12-6-13(2)8-15(7-12)20-11-14(9-17(20)21)18(22)19-10-16-4-3-5-23-16/h3-8,14H,9-11H2,1-2H3,(H,19,22). The molecule has 1 unspecified atom stereocenters. The van der Waals surface area contributed by atoms with Gasteiger partial charge in [-0.1, -0.05) is 6.07 Å². The first-order valence-corrected chi connectivity index (χ1v) is 7.71. The zero-order valence-corrected chi connectivity index (χ0v) is 13.3. The predicted octanol–water partition coefficient (Wildman–Crippen LogP) is 2.57. The van der Waals surface area contributed by atoms with Crippen molar-refractivity contribution in [2.75, 3.05) is 11.4 Å². The van der Waals surface area contributed by atoms with Gasteiger partial charge in [-0.05, 0) is 49.2 Å². The largest absolute Gasteiger partial charge is 0.467 e. The number of nitrogens with one attached hydrogen (secondary N) is 1. The summed E-state index contributed by atoms with van der Waals surface area (Å²) in [6.07, 6.45) is 1.82. The molecule has 1 aromatic heterocycles. The van der Waals surface area contributed by atoms with Crippen molar-refractivity contribution < 1.29 is 14.0 Å². The van der Waals surface area contributed by atoms with Gasteiger partial charge in [-0.3, -0.25) is 9.59 Å². The third kappa shape index (κ3) is 3.44. The molecule has 1 N–H and O–H groups in total. The van der Waals surface area contributed by atoms with Crippen molar-refractivity contribution in [2.45, 2.75) is 26.8 Å². The minimum Gasteiger partial charge on any atom is -0.467 e. The molecule has 1 aliphatic rings.